The third-order valence-corrected chi connectivity index (χ3v) is 17.0. The van der Waals surface area contributed by atoms with E-state index in [9.17, 15) is 19.0 Å². The molecule has 0 aromatic heterocycles. The minimum Gasteiger partial charge on any atom is -0.756 e. The summed E-state index contributed by atoms with van der Waals surface area (Å²) in [6, 6.07) is -0.883. The summed E-state index contributed by atoms with van der Waals surface area (Å²) in [6.45, 7) is 6.87. The van der Waals surface area contributed by atoms with Crippen LogP contribution in [0.5, 0.6) is 0 Å². The standard InChI is InChI=1S/C71H137N2O7P/c1-7-10-13-16-19-22-25-27-29-31-32-33-34-35-36-37-38-39-40-42-44-46-49-52-55-58-61-64-71(75)80-69(62-59-56-53-50-47-24-21-18-15-12-9-3)68(67-79-81(76,77)78-66-65-73(4,5)6)72-70(74)63-60-57-54-51-48-45-43-41-30-28-26-23-20-17-14-11-8-2/h19,22,27,29,59,62,68-69H,7-18,20-21,23-26,28,30-58,60-61,63-67H2,1-6H3,(H-,72,74,76,77)/b22-19-,29-27-,62-59+. The Hall–Kier alpha value is -1.77. The Morgan fingerprint density at radius 3 is 1.14 bits per heavy atom. The average molecular weight is 1160 g/mol. The number of nitrogens with one attached hydrogen (secondary N) is 1. The fourth-order valence-corrected chi connectivity index (χ4v) is 11.3. The van der Waals surface area contributed by atoms with Crippen LogP contribution in [0.2, 0.25) is 0 Å². The zero-order chi connectivity index (χ0) is 59.3. The highest BCUT2D eigenvalue weighted by Gasteiger charge is 2.27. The molecule has 0 aromatic carbocycles. The molecular formula is C71H137N2O7P. The van der Waals surface area contributed by atoms with Crippen molar-refractivity contribution >= 4 is 19.7 Å². The predicted molar refractivity (Wildman–Crippen MR) is 349 cm³/mol. The minimum absolute atomic E-state index is 0.0186. The van der Waals surface area contributed by atoms with Gasteiger partial charge in [-0.2, -0.15) is 0 Å². The van der Waals surface area contributed by atoms with Gasteiger partial charge in [0.05, 0.1) is 33.8 Å². The Bertz CT molecular complexity index is 1480. The number of likely N-dealkylation sites (N-methyl/N-ethyl adjacent to an activating group) is 1. The van der Waals surface area contributed by atoms with E-state index in [1.54, 1.807) is 0 Å². The van der Waals surface area contributed by atoms with Gasteiger partial charge in [0.15, 0.2) is 0 Å². The lowest BCUT2D eigenvalue weighted by Gasteiger charge is -2.30. The first kappa shape index (κ1) is 79.2. The molecule has 0 spiro atoms. The first-order chi connectivity index (χ1) is 39.4. The minimum atomic E-state index is -4.70. The molecule has 3 atom stereocenters. The van der Waals surface area contributed by atoms with Crippen LogP contribution in [0, 0.1) is 0 Å². The van der Waals surface area contributed by atoms with Crippen molar-refractivity contribution in [3.8, 4) is 0 Å². The predicted octanol–water partition coefficient (Wildman–Crippen LogP) is 21.6. The molecule has 10 heteroatoms. The number of phosphoric acid groups is 1. The summed E-state index contributed by atoms with van der Waals surface area (Å²) < 4.78 is 30.4. The molecule has 0 radical (unpaired) electrons. The lowest BCUT2D eigenvalue weighted by Crippen LogP contribution is -2.47. The Kier molecular flexibility index (Phi) is 60.0. The molecule has 0 aliphatic carbocycles. The van der Waals surface area contributed by atoms with Gasteiger partial charge in [-0.05, 0) is 63.9 Å². The molecule has 0 aliphatic heterocycles. The van der Waals surface area contributed by atoms with Crippen molar-refractivity contribution in [3.05, 3.63) is 36.5 Å². The quantitative estimate of drug-likeness (QED) is 0.0212. The molecule has 0 bridgehead atoms. The average Bonchev–Trinajstić information content (AvgIpc) is 3.44. The smallest absolute Gasteiger partial charge is 0.306 e. The van der Waals surface area contributed by atoms with E-state index in [-0.39, 0.29) is 31.5 Å². The molecule has 81 heavy (non-hydrogen) atoms. The Labute approximate surface area is 504 Å². The van der Waals surface area contributed by atoms with Gasteiger partial charge >= 0.3 is 5.97 Å². The first-order valence-electron chi connectivity index (χ1n) is 35.3. The van der Waals surface area contributed by atoms with Crippen molar-refractivity contribution < 1.29 is 37.3 Å². The topological polar surface area (TPSA) is 114 Å². The van der Waals surface area contributed by atoms with Crippen LogP contribution in [0.4, 0.5) is 0 Å². The van der Waals surface area contributed by atoms with E-state index in [1.165, 1.54) is 257 Å². The van der Waals surface area contributed by atoms with E-state index in [4.69, 9.17) is 13.8 Å². The van der Waals surface area contributed by atoms with Gasteiger partial charge in [0, 0.05) is 12.8 Å². The maximum atomic E-state index is 13.6. The second-order valence-corrected chi connectivity index (χ2v) is 26.8. The van der Waals surface area contributed by atoms with Gasteiger partial charge in [-0.1, -0.05) is 314 Å². The molecule has 0 fully saturated rings. The second kappa shape index (κ2) is 61.3. The number of allylic oxidation sites excluding steroid dienone is 5. The van der Waals surface area contributed by atoms with Crippen LogP contribution in [0.25, 0.3) is 0 Å². The van der Waals surface area contributed by atoms with Gasteiger partial charge in [0.1, 0.15) is 19.3 Å². The number of carbonyl (C=O) groups is 2. The van der Waals surface area contributed by atoms with E-state index in [0.717, 1.165) is 64.2 Å². The van der Waals surface area contributed by atoms with Gasteiger partial charge < -0.3 is 28.5 Å². The number of amides is 1. The maximum absolute atomic E-state index is 13.6. The summed E-state index contributed by atoms with van der Waals surface area (Å²) in [5.74, 6) is -0.521. The lowest BCUT2D eigenvalue weighted by molar-refractivity contribution is -0.870. The number of ether oxygens (including phenoxy) is 1. The van der Waals surface area contributed by atoms with E-state index in [1.807, 2.05) is 33.3 Å². The first-order valence-corrected chi connectivity index (χ1v) is 36.8. The summed E-state index contributed by atoms with van der Waals surface area (Å²) in [7, 11) is 1.20. The third kappa shape index (κ3) is 62.6. The highest BCUT2D eigenvalue weighted by Crippen LogP contribution is 2.38. The van der Waals surface area contributed by atoms with Crippen LogP contribution >= 0.6 is 7.82 Å². The van der Waals surface area contributed by atoms with Crippen molar-refractivity contribution in [1.29, 1.82) is 0 Å². The van der Waals surface area contributed by atoms with E-state index in [0.29, 0.717) is 17.4 Å². The zero-order valence-electron chi connectivity index (χ0n) is 54.8. The van der Waals surface area contributed by atoms with Crippen molar-refractivity contribution in [2.45, 2.75) is 367 Å². The summed E-state index contributed by atoms with van der Waals surface area (Å²) in [5.41, 5.74) is 0. The number of rotatable bonds is 65. The number of phosphoric ester groups is 1. The molecular weight excluding hydrogens is 1020 g/mol. The highest BCUT2D eigenvalue weighted by atomic mass is 31.2. The van der Waals surface area contributed by atoms with Gasteiger partial charge in [-0.25, -0.2) is 0 Å². The molecule has 9 nitrogen and oxygen atoms in total. The maximum Gasteiger partial charge on any atom is 0.306 e. The zero-order valence-corrected chi connectivity index (χ0v) is 55.7. The van der Waals surface area contributed by atoms with E-state index in [2.05, 4.69) is 50.4 Å². The fraction of sp³-hybridized carbons (Fsp3) is 0.887. The monoisotopic (exact) mass is 1160 g/mol. The largest absolute Gasteiger partial charge is 0.756 e. The number of quaternary nitrogens is 1. The molecule has 0 heterocycles. The number of esters is 1. The third-order valence-electron chi connectivity index (χ3n) is 16.1. The van der Waals surface area contributed by atoms with Crippen molar-refractivity contribution in [2.24, 2.45) is 0 Å². The Balaban J connectivity index is 4.94. The lowest BCUT2D eigenvalue weighted by atomic mass is 10.0. The van der Waals surface area contributed by atoms with Gasteiger partial charge in [0.2, 0.25) is 5.91 Å². The molecule has 1 amide bonds. The van der Waals surface area contributed by atoms with Crippen LogP contribution in [0.15, 0.2) is 36.5 Å². The SMILES string of the molecule is CCCCC/C=C\C/C=C\CCCCCCCCCCCCCCCCCCCC(=O)OC(/C=C/CCCCCCCCCCC)C(COP(=O)([O-])OCC[N+](C)(C)C)NC(=O)CCCCCCCCCCCCCCCCCCC. The molecule has 1 N–H and O–H groups in total. The van der Waals surface area contributed by atoms with Gasteiger partial charge in [0.25, 0.3) is 7.82 Å². The fourth-order valence-electron chi connectivity index (χ4n) is 10.6. The van der Waals surface area contributed by atoms with Crippen molar-refractivity contribution in [3.63, 3.8) is 0 Å². The molecule has 0 aromatic rings. The molecule has 0 rings (SSSR count). The van der Waals surface area contributed by atoms with Crippen LogP contribution in [0.3, 0.4) is 0 Å². The summed E-state index contributed by atoms with van der Waals surface area (Å²) >= 11 is 0. The van der Waals surface area contributed by atoms with Crippen molar-refractivity contribution in [1.82, 2.24) is 5.32 Å². The van der Waals surface area contributed by atoms with E-state index < -0.39 is 20.0 Å². The van der Waals surface area contributed by atoms with Gasteiger partial charge in [-0.3, -0.25) is 14.2 Å². The van der Waals surface area contributed by atoms with Crippen LogP contribution in [-0.4, -0.2) is 69.4 Å². The molecule has 478 valence electrons. The number of unbranched alkanes of at least 4 members (excludes halogenated alkanes) is 45. The van der Waals surface area contributed by atoms with Crippen LogP contribution < -0.4 is 10.2 Å². The number of hydrogen-bond acceptors (Lipinski definition) is 7. The Morgan fingerprint density at radius 1 is 0.432 bits per heavy atom. The molecule has 3 unspecified atom stereocenters. The Morgan fingerprint density at radius 2 is 0.753 bits per heavy atom. The number of carbonyl (C=O) groups excluding carboxylic acids is 2. The second-order valence-electron chi connectivity index (χ2n) is 25.4. The summed E-state index contributed by atoms with van der Waals surface area (Å²) in [6.07, 6.45) is 75.6. The molecule has 0 saturated heterocycles. The van der Waals surface area contributed by atoms with Gasteiger partial charge in [-0.15, -0.1) is 0 Å². The number of hydrogen-bond donors (Lipinski definition) is 1. The normalized spacial score (nSPS) is 13.7. The molecule has 0 saturated carbocycles. The van der Waals surface area contributed by atoms with Crippen molar-refractivity contribution in [2.75, 3.05) is 40.9 Å². The summed E-state index contributed by atoms with van der Waals surface area (Å²) in [4.78, 5) is 40.1. The van der Waals surface area contributed by atoms with Crippen LogP contribution in [0.1, 0.15) is 355 Å². The number of nitrogens with zero attached hydrogens (tertiary/aromatic N) is 1. The van der Waals surface area contributed by atoms with E-state index >= 15 is 0 Å². The molecule has 0 aliphatic rings. The highest BCUT2D eigenvalue weighted by molar-refractivity contribution is 7.45. The van der Waals surface area contributed by atoms with Crippen LogP contribution in [-0.2, 0) is 27.9 Å². The summed E-state index contributed by atoms with van der Waals surface area (Å²) in [5, 5.41) is 3.04.